The van der Waals surface area contributed by atoms with Gasteiger partial charge >= 0.3 is 0 Å². The highest BCUT2D eigenvalue weighted by Crippen LogP contribution is 2.41. The second kappa shape index (κ2) is 13.5. The van der Waals surface area contributed by atoms with Gasteiger partial charge in [0.25, 0.3) is 20.2 Å². The first-order valence-corrected chi connectivity index (χ1v) is 20.1. The van der Waals surface area contributed by atoms with E-state index in [1.807, 2.05) is 0 Å². The van der Waals surface area contributed by atoms with E-state index < -0.39 is 53.2 Å². The molecule has 0 saturated carbocycles. The van der Waals surface area contributed by atoms with E-state index in [2.05, 4.69) is 16.0 Å². The fraction of sp³-hybridized carbons (Fsp3) is 0.0476. The third-order valence-corrected chi connectivity index (χ3v) is 11.5. The number of rotatable bonds is 8. The fourth-order valence-corrected chi connectivity index (χ4v) is 8.60. The van der Waals surface area contributed by atoms with E-state index in [0.29, 0.717) is 11.1 Å². The Morgan fingerprint density at radius 3 is 1.11 bits per heavy atom. The van der Waals surface area contributed by atoms with Gasteiger partial charge in [-0.2, -0.15) is 16.8 Å². The van der Waals surface area contributed by atoms with E-state index in [0.717, 1.165) is 0 Å². The maximum atomic E-state index is 14.0. The van der Waals surface area contributed by atoms with Crippen LogP contribution in [0.2, 0.25) is 0 Å². The predicted octanol–water partition coefficient (Wildman–Crippen LogP) is 7.58. The van der Waals surface area contributed by atoms with Gasteiger partial charge in [0, 0.05) is 44.8 Å². The predicted molar refractivity (Wildman–Crippen MR) is 211 cm³/mol. The van der Waals surface area contributed by atoms with Crippen LogP contribution in [0.3, 0.4) is 0 Å². The van der Waals surface area contributed by atoms with Gasteiger partial charge in [-0.3, -0.25) is 28.3 Å². The number of carbonyl (C=O) groups excluding carboxylic acids is 4. The highest BCUT2D eigenvalue weighted by molar-refractivity contribution is 7.86. The van der Waals surface area contributed by atoms with Crippen molar-refractivity contribution < 1.29 is 45.1 Å². The molecule has 13 nitrogen and oxygen atoms in total. The van der Waals surface area contributed by atoms with Crippen molar-refractivity contribution in [1.82, 2.24) is 0 Å². The van der Waals surface area contributed by atoms with Crippen LogP contribution < -0.4 is 16.0 Å². The lowest BCUT2D eigenvalue weighted by atomic mass is 9.82. The van der Waals surface area contributed by atoms with Crippen LogP contribution in [0.15, 0.2) is 119 Å². The first-order chi connectivity index (χ1) is 27.0. The molecular formula is C42H29N3O10S2. The van der Waals surface area contributed by atoms with E-state index >= 15 is 0 Å². The molecule has 0 aliphatic heterocycles. The van der Waals surface area contributed by atoms with Crippen molar-refractivity contribution >= 4 is 77.5 Å². The van der Waals surface area contributed by atoms with E-state index in [4.69, 9.17) is 0 Å². The molecule has 0 saturated heterocycles. The van der Waals surface area contributed by atoms with Crippen LogP contribution in [0, 0.1) is 13.8 Å². The lowest BCUT2D eigenvalue weighted by molar-refractivity contribution is 0.0979. The highest BCUT2D eigenvalue weighted by Gasteiger charge is 2.35. The van der Waals surface area contributed by atoms with Gasteiger partial charge in [-0.15, -0.1) is 0 Å². The normalized spacial score (nSPS) is 13.3. The van der Waals surface area contributed by atoms with E-state index in [1.54, 1.807) is 50.2 Å². The average molecular weight is 800 g/mol. The first kappa shape index (κ1) is 37.2. The lowest BCUT2D eigenvalue weighted by Gasteiger charge is -2.24. The highest BCUT2D eigenvalue weighted by atomic mass is 32.2. The minimum Gasteiger partial charge on any atom is -0.355 e. The standard InChI is InChI=1S/C42H29N3O10S2/c1-21-11-13-31(35(15-21)56(50,51)52)44-33-19-23(17-29-37(33)41(48)27-9-5-3-7-25(27)39(29)46)43-24-18-30-38(42(49)28-10-6-4-8-26(28)40(30)47)34(20-24)45-32-14-12-22(2)16-36(32)57(53,54)55/h3-20,43-45H,1-2H3,(H,50,51,52)(H,53,54,55). The molecule has 0 radical (unpaired) electrons. The summed E-state index contributed by atoms with van der Waals surface area (Å²) in [7, 11) is -9.53. The van der Waals surface area contributed by atoms with E-state index in [-0.39, 0.29) is 78.6 Å². The molecule has 2 aliphatic rings. The molecule has 5 N–H and O–H groups in total. The van der Waals surface area contributed by atoms with Crippen molar-refractivity contribution in [3.63, 3.8) is 0 Å². The summed E-state index contributed by atoms with van der Waals surface area (Å²) in [5.74, 6) is -2.06. The molecule has 6 aromatic carbocycles. The Labute approximate surface area is 325 Å². The number of nitrogens with one attached hydrogen (secondary N) is 3. The maximum Gasteiger partial charge on any atom is 0.296 e. The molecule has 2 aliphatic carbocycles. The van der Waals surface area contributed by atoms with Gasteiger partial charge in [0.05, 0.1) is 33.9 Å². The molecule has 8 rings (SSSR count). The number of ketones is 4. The number of anilines is 6. The molecule has 6 aromatic rings. The average Bonchev–Trinajstić information content (AvgIpc) is 3.16. The summed E-state index contributed by atoms with van der Waals surface area (Å²) in [6.07, 6.45) is 0. The molecular weight excluding hydrogens is 771 g/mol. The Balaban J connectivity index is 1.31. The molecule has 0 spiro atoms. The molecule has 0 fully saturated rings. The number of fused-ring (bicyclic) bond motifs is 4. The third-order valence-electron chi connectivity index (χ3n) is 9.71. The monoisotopic (exact) mass is 799 g/mol. The Bertz CT molecular complexity index is 2840. The quantitative estimate of drug-likeness (QED) is 0.0939. The van der Waals surface area contributed by atoms with Gasteiger partial charge in [0.2, 0.25) is 0 Å². The summed E-state index contributed by atoms with van der Waals surface area (Å²) in [6, 6.07) is 26.7. The van der Waals surface area contributed by atoms with Crippen molar-refractivity contribution in [1.29, 1.82) is 0 Å². The third kappa shape index (κ3) is 6.57. The molecule has 0 heterocycles. The molecule has 0 atom stereocenters. The van der Waals surface area contributed by atoms with Gasteiger partial charge in [-0.25, -0.2) is 0 Å². The van der Waals surface area contributed by atoms with Crippen LogP contribution in [0.5, 0.6) is 0 Å². The van der Waals surface area contributed by atoms with Crippen molar-refractivity contribution in [2.75, 3.05) is 16.0 Å². The number of hydrogen-bond acceptors (Lipinski definition) is 11. The number of carbonyl (C=O) groups is 4. The second-order valence-corrected chi connectivity index (χ2v) is 16.4. The Morgan fingerprint density at radius 2 is 0.754 bits per heavy atom. The lowest BCUT2D eigenvalue weighted by Crippen LogP contribution is -2.23. The van der Waals surface area contributed by atoms with E-state index in [9.17, 15) is 45.1 Å². The number of benzene rings is 6. The molecule has 0 amide bonds. The molecule has 284 valence electrons. The zero-order valence-electron chi connectivity index (χ0n) is 29.9. The van der Waals surface area contributed by atoms with Crippen LogP contribution >= 0.6 is 0 Å². The van der Waals surface area contributed by atoms with Gasteiger partial charge < -0.3 is 16.0 Å². The van der Waals surface area contributed by atoms with Crippen molar-refractivity contribution in [2.24, 2.45) is 0 Å². The fourth-order valence-electron chi connectivity index (χ4n) is 7.14. The topological polar surface area (TPSA) is 213 Å². The Hall–Kier alpha value is -6.78. The molecule has 15 heteroatoms. The minimum atomic E-state index is -4.76. The van der Waals surface area contributed by atoms with Gasteiger partial charge in [-0.1, -0.05) is 60.7 Å². The van der Waals surface area contributed by atoms with Gasteiger partial charge in [0.1, 0.15) is 9.79 Å². The largest absolute Gasteiger partial charge is 0.355 e. The minimum absolute atomic E-state index is 0.00513. The summed E-state index contributed by atoms with van der Waals surface area (Å²) in [5.41, 5.74) is 1.57. The summed E-state index contributed by atoms with van der Waals surface area (Å²) >= 11 is 0. The molecule has 57 heavy (non-hydrogen) atoms. The zero-order valence-corrected chi connectivity index (χ0v) is 31.5. The van der Waals surface area contributed by atoms with Gasteiger partial charge in [-0.05, 0) is 73.5 Å². The van der Waals surface area contributed by atoms with Crippen molar-refractivity contribution in [3.8, 4) is 0 Å². The van der Waals surface area contributed by atoms with Crippen molar-refractivity contribution in [3.05, 3.63) is 165 Å². The van der Waals surface area contributed by atoms with Crippen LogP contribution in [-0.2, 0) is 20.2 Å². The SMILES string of the molecule is Cc1ccc(Nc2cc(Nc3cc(Nc4ccc(C)cc4S(=O)(=O)O)c4c(c3)C(=O)c3ccccc3C4=O)cc3c2C(=O)c2ccccc2C3=O)c(S(=O)(=O)O)c1. The summed E-state index contributed by atoms with van der Waals surface area (Å²) in [6.45, 7) is 3.26. The van der Waals surface area contributed by atoms with Crippen LogP contribution in [0.25, 0.3) is 0 Å². The summed E-state index contributed by atoms with van der Waals surface area (Å²) in [5, 5.41) is 9.02. The Kier molecular flexibility index (Phi) is 8.77. The van der Waals surface area contributed by atoms with E-state index in [1.165, 1.54) is 72.8 Å². The molecule has 0 unspecified atom stereocenters. The van der Waals surface area contributed by atoms with Crippen LogP contribution in [0.1, 0.15) is 74.8 Å². The summed E-state index contributed by atoms with van der Waals surface area (Å²) in [4.78, 5) is 55.1. The number of aryl methyl sites for hydroxylation is 2. The van der Waals surface area contributed by atoms with Crippen LogP contribution in [-0.4, -0.2) is 49.1 Å². The zero-order chi connectivity index (χ0) is 40.6. The number of hydrogen-bond donors (Lipinski definition) is 5. The Morgan fingerprint density at radius 1 is 0.404 bits per heavy atom. The first-order valence-electron chi connectivity index (χ1n) is 17.2. The van der Waals surface area contributed by atoms with Crippen LogP contribution in [0.4, 0.5) is 34.1 Å². The maximum absolute atomic E-state index is 14.0. The van der Waals surface area contributed by atoms with Crippen molar-refractivity contribution in [2.45, 2.75) is 23.6 Å². The molecule has 0 aromatic heterocycles. The van der Waals surface area contributed by atoms with Gasteiger partial charge in [0.15, 0.2) is 23.1 Å². The molecule has 0 bridgehead atoms. The second-order valence-electron chi connectivity index (χ2n) is 13.6. The smallest absolute Gasteiger partial charge is 0.296 e. The summed E-state index contributed by atoms with van der Waals surface area (Å²) < 4.78 is 70.0.